The van der Waals surface area contributed by atoms with E-state index in [-0.39, 0.29) is 0 Å². The van der Waals surface area contributed by atoms with Gasteiger partial charge in [0.05, 0.1) is 17.2 Å². The molecule has 0 saturated heterocycles. The predicted octanol–water partition coefficient (Wildman–Crippen LogP) is 4.31. The Labute approximate surface area is 116 Å². The van der Waals surface area contributed by atoms with Crippen molar-refractivity contribution in [1.29, 1.82) is 0 Å². The van der Waals surface area contributed by atoms with Crippen LogP contribution in [0.4, 0.5) is 0 Å². The molecule has 1 N–H and O–H groups in total. The van der Waals surface area contributed by atoms with Crippen molar-refractivity contribution in [2.24, 2.45) is 0 Å². The molecule has 0 aliphatic carbocycles. The fourth-order valence-electron chi connectivity index (χ4n) is 1.65. The average Bonchev–Trinajstić information content (AvgIpc) is 2.40. The van der Waals surface area contributed by atoms with Gasteiger partial charge in [-0.3, -0.25) is 0 Å². The van der Waals surface area contributed by atoms with Gasteiger partial charge in [0, 0.05) is 6.54 Å². The highest BCUT2D eigenvalue weighted by Crippen LogP contribution is 2.28. The lowest BCUT2D eigenvalue weighted by Gasteiger charge is -2.06. The fraction of sp³-hybridized carbons (Fsp3) is 0.143. The summed E-state index contributed by atoms with van der Waals surface area (Å²) in [5, 5.41) is 1.14. The molecule has 2 aromatic rings. The fourth-order valence-corrected chi connectivity index (χ4v) is 1.94. The number of nitrogens with one attached hydrogen (secondary N) is 1. The van der Waals surface area contributed by atoms with E-state index in [2.05, 4.69) is 5.48 Å². The van der Waals surface area contributed by atoms with E-state index in [1.54, 1.807) is 13.2 Å². The Kier molecular flexibility index (Phi) is 4.61. The quantitative estimate of drug-likeness (QED) is 0.844. The maximum absolute atomic E-state index is 6.01. The molecule has 0 bridgehead atoms. The zero-order valence-corrected chi connectivity index (χ0v) is 11.4. The molecule has 0 atom stereocenters. The van der Waals surface area contributed by atoms with E-state index >= 15 is 0 Å². The van der Waals surface area contributed by atoms with E-state index in [9.17, 15) is 0 Å². The summed E-state index contributed by atoms with van der Waals surface area (Å²) in [4.78, 5) is 4.81. The molecule has 0 fully saturated rings. The SMILES string of the molecule is CONCc1ccc(-c2ccc(Cl)c(Cl)c2)cc1. The molecule has 0 unspecified atom stereocenters. The molecule has 0 aliphatic heterocycles. The Balaban J connectivity index is 2.20. The third-order valence-corrected chi connectivity index (χ3v) is 3.37. The summed E-state index contributed by atoms with van der Waals surface area (Å²) in [6.07, 6.45) is 0. The molecule has 18 heavy (non-hydrogen) atoms. The van der Waals surface area contributed by atoms with Crippen LogP contribution in [0.5, 0.6) is 0 Å². The Morgan fingerprint density at radius 2 is 1.61 bits per heavy atom. The molecule has 94 valence electrons. The summed E-state index contributed by atoms with van der Waals surface area (Å²) in [6, 6.07) is 13.8. The van der Waals surface area contributed by atoms with Gasteiger partial charge < -0.3 is 4.84 Å². The maximum atomic E-state index is 6.01. The van der Waals surface area contributed by atoms with Crippen molar-refractivity contribution in [3.05, 3.63) is 58.1 Å². The Morgan fingerprint density at radius 1 is 0.944 bits per heavy atom. The van der Waals surface area contributed by atoms with Gasteiger partial charge in [-0.05, 0) is 28.8 Å². The van der Waals surface area contributed by atoms with Crippen molar-refractivity contribution >= 4 is 23.2 Å². The topological polar surface area (TPSA) is 21.3 Å². The van der Waals surface area contributed by atoms with E-state index in [1.165, 1.54) is 0 Å². The van der Waals surface area contributed by atoms with Crippen molar-refractivity contribution < 1.29 is 4.84 Å². The standard InChI is InChI=1S/C14H13Cl2NO/c1-18-17-9-10-2-4-11(5-3-10)12-6-7-13(15)14(16)8-12/h2-8,17H,9H2,1H3. The third kappa shape index (κ3) is 3.24. The highest BCUT2D eigenvalue weighted by Gasteiger charge is 2.02. The number of hydrogen-bond donors (Lipinski definition) is 1. The molecule has 2 nitrogen and oxygen atoms in total. The van der Waals surface area contributed by atoms with Crippen LogP contribution in [-0.4, -0.2) is 7.11 Å². The van der Waals surface area contributed by atoms with Crippen LogP contribution in [-0.2, 0) is 11.4 Å². The monoisotopic (exact) mass is 281 g/mol. The second kappa shape index (κ2) is 6.21. The van der Waals surface area contributed by atoms with Crippen molar-refractivity contribution in [3.63, 3.8) is 0 Å². The number of rotatable bonds is 4. The van der Waals surface area contributed by atoms with Crippen molar-refractivity contribution in [2.75, 3.05) is 7.11 Å². The van der Waals surface area contributed by atoms with E-state index in [0.29, 0.717) is 16.6 Å². The number of hydroxylamine groups is 1. The Hall–Kier alpha value is -1.06. The molecule has 0 amide bonds. The van der Waals surface area contributed by atoms with Crippen LogP contribution in [0.25, 0.3) is 11.1 Å². The molecule has 4 heteroatoms. The zero-order valence-electron chi connectivity index (χ0n) is 9.91. The van der Waals surface area contributed by atoms with Gasteiger partial charge in [-0.25, -0.2) is 0 Å². The molecular weight excluding hydrogens is 269 g/mol. The van der Waals surface area contributed by atoms with Crippen LogP contribution >= 0.6 is 23.2 Å². The first-order valence-corrected chi connectivity index (χ1v) is 6.26. The summed E-state index contributed by atoms with van der Waals surface area (Å²) < 4.78 is 0. The first-order chi connectivity index (χ1) is 8.70. The number of halogens is 2. The third-order valence-electron chi connectivity index (χ3n) is 2.63. The largest absolute Gasteiger partial charge is 0.305 e. The summed E-state index contributed by atoms with van der Waals surface area (Å²) in [5.41, 5.74) is 6.11. The van der Waals surface area contributed by atoms with Crippen LogP contribution in [0.1, 0.15) is 5.56 Å². The first-order valence-electron chi connectivity index (χ1n) is 5.51. The van der Waals surface area contributed by atoms with E-state index in [0.717, 1.165) is 16.7 Å². The average molecular weight is 282 g/mol. The Bertz CT molecular complexity index is 526. The molecule has 0 heterocycles. The van der Waals surface area contributed by atoms with Gasteiger partial charge in [-0.1, -0.05) is 53.5 Å². The second-order valence-corrected chi connectivity index (χ2v) is 4.67. The summed E-state index contributed by atoms with van der Waals surface area (Å²) in [6.45, 7) is 0.679. The predicted molar refractivity (Wildman–Crippen MR) is 75.7 cm³/mol. The summed E-state index contributed by atoms with van der Waals surface area (Å²) in [5.74, 6) is 0. The lowest BCUT2D eigenvalue weighted by Crippen LogP contribution is -2.10. The van der Waals surface area contributed by atoms with Crippen LogP contribution in [0, 0.1) is 0 Å². The normalized spacial score (nSPS) is 10.6. The van der Waals surface area contributed by atoms with Crippen molar-refractivity contribution in [3.8, 4) is 11.1 Å². The minimum absolute atomic E-state index is 0.569. The smallest absolute Gasteiger partial charge is 0.0598 e. The van der Waals surface area contributed by atoms with Gasteiger partial charge in [0.25, 0.3) is 0 Å². The van der Waals surface area contributed by atoms with Crippen molar-refractivity contribution in [1.82, 2.24) is 5.48 Å². The highest BCUT2D eigenvalue weighted by atomic mass is 35.5. The lowest BCUT2D eigenvalue weighted by molar-refractivity contribution is 0.0867. The first kappa shape index (κ1) is 13.4. The zero-order chi connectivity index (χ0) is 13.0. The molecule has 0 aromatic heterocycles. The van der Waals surface area contributed by atoms with Crippen LogP contribution < -0.4 is 5.48 Å². The molecule has 2 rings (SSSR count). The lowest BCUT2D eigenvalue weighted by atomic mass is 10.0. The summed E-state index contributed by atoms with van der Waals surface area (Å²) >= 11 is 11.9. The maximum Gasteiger partial charge on any atom is 0.0598 e. The van der Waals surface area contributed by atoms with Gasteiger partial charge in [0.2, 0.25) is 0 Å². The van der Waals surface area contributed by atoms with Crippen LogP contribution in [0.3, 0.4) is 0 Å². The molecular formula is C14H13Cl2NO. The number of hydrogen-bond acceptors (Lipinski definition) is 2. The molecule has 0 saturated carbocycles. The van der Waals surface area contributed by atoms with Crippen LogP contribution in [0.15, 0.2) is 42.5 Å². The molecule has 0 aliphatic rings. The van der Waals surface area contributed by atoms with Gasteiger partial charge in [0.15, 0.2) is 0 Å². The van der Waals surface area contributed by atoms with Crippen LogP contribution in [0.2, 0.25) is 10.0 Å². The van der Waals surface area contributed by atoms with Gasteiger partial charge >= 0.3 is 0 Å². The van der Waals surface area contributed by atoms with E-state index in [1.807, 2.05) is 36.4 Å². The summed E-state index contributed by atoms with van der Waals surface area (Å²) in [7, 11) is 1.60. The number of benzene rings is 2. The highest BCUT2D eigenvalue weighted by molar-refractivity contribution is 6.42. The minimum atomic E-state index is 0.569. The van der Waals surface area contributed by atoms with Gasteiger partial charge in [0.1, 0.15) is 0 Å². The van der Waals surface area contributed by atoms with E-state index < -0.39 is 0 Å². The Morgan fingerprint density at radius 3 is 2.22 bits per heavy atom. The van der Waals surface area contributed by atoms with Gasteiger partial charge in [-0.2, -0.15) is 5.48 Å². The molecule has 0 radical (unpaired) electrons. The van der Waals surface area contributed by atoms with Crippen molar-refractivity contribution in [2.45, 2.75) is 6.54 Å². The van der Waals surface area contributed by atoms with E-state index in [4.69, 9.17) is 28.0 Å². The molecule has 2 aromatic carbocycles. The molecule has 0 spiro atoms. The second-order valence-electron chi connectivity index (χ2n) is 3.85. The van der Waals surface area contributed by atoms with Gasteiger partial charge in [-0.15, -0.1) is 0 Å². The minimum Gasteiger partial charge on any atom is -0.305 e.